The van der Waals surface area contributed by atoms with Gasteiger partial charge in [-0.15, -0.1) is 0 Å². The van der Waals surface area contributed by atoms with E-state index in [4.69, 9.17) is 15.7 Å². The first-order valence-electron chi connectivity index (χ1n) is 6.88. The third kappa shape index (κ3) is 2.40. The number of hydrogen-bond acceptors (Lipinski definition) is 6. The Labute approximate surface area is 128 Å². The fraction of sp³-hybridized carbons (Fsp3) is 0.267. The van der Waals surface area contributed by atoms with Gasteiger partial charge in [-0.3, -0.25) is 9.67 Å². The number of aromatic nitrogens is 3. The second kappa shape index (κ2) is 5.87. The first-order valence-corrected chi connectivity index (χ1v) is 6.88. The number of nitrogens with two attached hydrogens (primary N) is 1. The third-order valence-corrected chi connectivity index (χ3v) is 3.68. The molecule has 0 aliphatic carbocycles. The maximum Gasteiger partial charge on any atom is 0.146 e. The van der Waals surface area contributed by atoms with E-state index in [2.05, 4.69) is 15.4 Å². The smallest absolute Gasteiger partial charge is 0.146 e. The quantitative estimate of drug-likeness (QED) is 0.813. The van der Waals surface area contributed by atoms with Crippen LogP contribution in [0.1, 0.15) is 11.7 Å². The lowest BCUT2D eigenvalue weighted by atomic mass is 10.1. The molecule has 0 aromatic carbocycles. The highest BCUT2D eigenvalue weighted by Gasteiger charge is 2.20. The van der Waals surface area contributed by atoms with Crippen LogP contribution >= 0.6 is 0 Å². The van der Waals surface area contributed by atoms with E-state index in [9.17, 15) is 0 Å². The highest BCUT2D eigenvalue weighted by Crippen LogP contribution is 2.29. The Morgan fingerprint density at radius 1 is 1.50 bits per heavy atom. The largest absolute Gasteiger partial charge is 0.494 e. The molecule has 3 rings (SSSR count). The molecule has 1 saturated heterocycles. The first kappa shape index (κ1) is 14.1. The summed E-state index contributed by atoms with van der Waals surface area (Å²) in [4.78, 5) is 4.31. The van der Waals surface area contributed by atoms with Crippen LogP contribution in [0.4, 0.5) is 0 Å². The van der Waals surface area contributed by atoms with E-state index >= 15 is 0 Å². The van der Waals surface area contributed by atoms with Crippen molar-refractivity contribution in [2.45, 2.75) is 6.04 Å². The average molecular weight is 296 g/mol. The first-order chi connectivity index (χ1) is 10.8. The van der Waals surface area contributed by atoms with Gasteiger partial charge in [0.05, 0.1) is 24.9 Å². The molecule has 3 N–H and O–H groups in total. The topological polar surface area (TPSA) is 102 Å². The molecule has 7 nitrogen and oxygen atoms in total. The summed E-state index contributed by atoms with van der Waals surface area (Å²) in [5.41, 5.74) is 8.00. The van der Waals surface area contributed by atoms with E-state index in [0.717, 1.165) is 24.2 Å². The Balaban J connectivity index is 1.95. The molecule has 0 spiro atoms. The standard InChI is InChI=1S/C15H16N6O/c1-22-14-2-10(5-19-15(14)11(3-16)4-17)12-6-20-21(9-12)13-7-18-8-13/h2-3,5-6,9,13,18H,7-8,16H2,1H3/b11-3-. The molecule has 0 saturated carbocycles. The van der Waals surface area contributed by atoms with E-state index in [1.165, 1.54) is 6.20 Å². The number of nitriles is 1. The molecule has 112 valence electrons. The highest BCUT2D eigenvalue weighted by atomic mass is 16.5. The van der Waals surface area contributed by atoms with Gasteiger partial charge in [-0.25, -0.2) is 0 Å². The number of hydrogen-bond donors (Lipinski definition) is 2. The zero-order valence-corrected chi connectivity index (χ0v) is 12.2. The Kier molecular flexibility index (Phi) is 3.76. The van der Waals surface area contributed by atoms with Gasteiger partial charge in [0.15, 0.2) is 0 Å². The number of methoxy groups -OCH3 is 1. The second-order valence-corrected chi connectivity index (χ2v) is 4.99. The highest BCUT2D eigenvalue weighted by molar-refractivity contribution is 5.79. The molecule has 1 aliphatic rings. The third-order valence-electron chi connectivity index (χ3n) is 3.68. The normalized spacial score (nSPS) is 15.2. The molecule has 3 heterocycles. The minimum Gasteiger partial charge on any atom is -0.494 e. The molecule has 0 amide bonds. The van der Waals surface area contributed by atoms with Crippen molar-refractivity contribution in [2.75, 3.05) is 20.2 Å². The summed E-state index contributed by atoms with van der Waals surface area (Å²) in [6, 6.07) is 4.25. The van der Waals surface area contributed by atoms with Crippen molar-refractivity contribution in [2.24, 2.45) is 5.73 Å². The lowest BCUT2D eigenvalue weighted by molar-refractivity contribution is 0.318. The van der Waals surface area contributed by atoms with Crippen LogP contribution < -0.4 is 15.8 Å². The molecule has 7 heteroatoms. The number of rotatable bonds is 4. The predicted octanol–water partition coefficient (Wildman–Crippen LogP) is 0.921. The molecular weight excluding hydrogens is 280 g/mol. The van der Waals surface area contributed by atoms with Crippen LogP contribution in [0.5, 0.6) is 5.75 Å². The van der Waals surface area contributed by atoms with Crippen LogP contribution in [0.25, 0.3) is 16.7 Å². The second-order valence-electron chi connectivity index (χ2n) is 4.99. The van der Waals surface area contributed by atoms with Gasteiger partial charge in [0.25, 0.3) is 0 Å². The lowest BCUT2D eigenvalue weighted by Crippen LogP contribution is -2.43. The predicted molar refractivity (Wildman–Crippen MR) is 81.7 cm³/mol. The fourth-order valence-corrected chi connectivity index (χ4v) is 2.28. The van der Waals surface area contributed by atoms with Gasteiger partial charge in [-0.05, 0) is 6.07 Å². The Hall–Kier alpha value is -2.85. The van der Waals surface area contributed by atoms with Gasteiger partial charge in [0, 0.05) is 42.8 Å². The van der Waals surface area contributed by atoms with Crippen LogP contribution in [0.3, 0.4) is 0 Å². The zero-order chi connectivity index (χ0) is 15.5. The van der Waals surface area contributed by atoms with Crippen molar-refractivity contribution in [3.05, 3.63) is 36.6 Å². The van der Waals surface area contributed by atoms with Crippen molar-refractivity contribution >= 4 is 5.57 Å². The van der Waals surface area contributed by atoms with Crippen molar-refractivity contribution in [1.82, 2.24) is 20.1 Å². The minimum absolute atomic E-state index is 0.277. The van der Waals surface area contributed by atoms with Gasteiger partial charge >= 0.3 is 0 Å². The molecule has 0 atom stereocenters. The maximum atomic E-state index is 9.07. The van der Waals surface area contributed by atoms with Gasteiger partial charge < -0.3 is 15.8 Å². The zero-order valence-electron chi connectivity index (χ0n) is 12.2. The van der Waals surface area contributed by atoms with Crippen LogP contribution in [0.15, 0.2) is 30.9 Å². The van der Waals surface area contributed by atoms with Gasteiger partial charge in [-0.1, -0.05) is 0 Å². The van der Waals surface area contributed by atoms with E-state index < -0.39 is 0 Å². The SMILES string of the molecule is COc1cc(-c2cnn(C3CNC3)c2)cnc1/C(C#N)=C\N. The summed E-state index contributed by atoms with van der Waals surface area (Å²) in [5.74, 6) is 0.508. The van der Waals surface area contributed by atoms with E-state index in [-0.39, 0.29) is 5.57 Å². The molecule has 1 aliphatic heterocycles. The maximum absolute atomic E-state index is 9.07. The monoisotopic (exact) mass is 296 g/mol. The molecule has 2 aromatic heterocycles. The lowest BCUT2D eigenvalue weighted by Gasteiger charge is -2.27. The van der Waals surface area contributed by atoms with Crippen LogP contribution in [-0.4, -0.2) is 35.0 Å². The van der Waals surface area contributed by atoms with Crippen LogP contribution in [0.2, 0.25) is 0 Å². The minimum atomic E-state index is 0.277. The summed E-state index contributed by atoms with van der Waals surface area (Å²) >= 11 is 0. The van der Waals surface area contributed by atoms with Crippen molar-refractivity contribution in [1.29, 1.82) is 5.26 Å². The Bertz CT molecular complexity index is 754. The number of allylic oxidation sites excluding steroid dienone is 1. The van der Waals surface area contributed by atoms with Crippen molar-refractivity contribution in [3.63, 3.8) is 0 Å². The van der Waals surface area contributed by atoms with Gasteiger partial charge in [-0.2, -0.15) is 10.4 Å². The van der Waals surface area contributed by atoms with E-state index in [1.54, 1.807) is 19.5 Å². The average Bonchev–Trinajstić information content (AvgIpc) is 2.96. The Morgan fingerprint density at radius 2 is 2.32 bits per heavy atom. The van der Waals surface area contributed by atoms with Crippen molar-refractivity contribution in [3.8, 4) is 22.9 Å². The molecule has 0 unspecified atom stereocenters. The summed E-state index contributed by atoms with van der Waals surface area (Å²) in [7, 11) is 1.54. The van der Waals surface area contributed by atoms with Crippen LogP contribution in [0, 0.1) is 11.3 Å². The van der Waals surface area contributed by atoms with E-state index in [1.807, 2.05) is 23.0 Å². The summed E-state index contributed by atoms with van der Waals surface area (Å²) < 4.78 is 7.28. The number of nitrogens with one attached hydrogen (secondary N) is 1. The van der Waals surface area contributed by atoms with Gasteiger partial charge in [0.1, 0.15) is 17.5 Å². The molecule has 1 fully saturated rings. The number of nitrogens with zero attached hydrogens (tertiary/aromatic N) is 4. The Morgan fingerprint density at radius 3 is 2.91 bits per heavy atom. The molecule has 2 aromatic rings. The molecule has 0 bridgehead atoms. The fourth-order valence-electron chi connectivity index (χ4n) is 2.28. The number of ether oxygens (including phenoxy) is 1. The van der Waals surface area contributed by atoms with Gasteiger partial charge in [0.2, 0.25) is 0 Å². The molecule has 0 radical (unpaired) electrons. The summed E-state index contributed by atoms with van der Waals surface area (Å²) in [6.45, 7) is 1.88. The van der Waals surface area contributed by atoms with Crippen LogP contribution in [-0.2, 0) is 0 Å². The summed E-state index contributed by atoms with van der Waals surface area (Å²) in [6.07, 6.45) is 6.72. The van der Waals surface area contributed by atoms with E-state index in [0.29, 0.717) is 17.5 Å². The molecule has 22 heavy (non-hydrogen) atoms. The van der Waals surface area contributed by atoms with Crippen molar-refractivity contribution < 1.29 is 4.74 Å². The molecular formula is C15H16N6O. The number of pyridine rings is 1. The summed E-state index contributed by atoms with van der Waals surface area (Å²) in [5, 5.41) is 16.7.